The number of sulfonamides is 1. The Labute approximate surface area is 309 Å². The molecule has 2 aromatic carbocycles. The minimum absolute atomic E-state index is 0.0291. The lowest BCUT2D eigenvalue weighted by Gasteiger charge is -2.35. The standard InChI is InChI=1S/C39H45N5O8S/c1-7-24-21-39(24,37(48)43-53(49,50)27-15-16-27)42-35(46)31-19-26(22-44(31)36(47)34(38(3,4)5)41-33(45)8-2)52-32-20-29(23-12-10-9-11-13-23)40-30-18-25(51-6)14-17-28(30)32/h7-14,17-18,20,24,26-27,31,34H,1-2,15-16,19,21-22H2,3-6H3,(H,41,45)(H,42,46)(H,43,48)/t24-,26?,31+,34+,39-/m1/s1. The molecule has 280 valence electrons. The van der Waals surface area contributed by atoms with Crippen molar-refractivity contribution in [2.24, 2.45) is 11.3 Å². The smallest absolute Gasteiger partial charge is 0.259 e. The number of rotatable bonds is 13. The van der Waals surface area contributed by atoms with Gasteiger partial charge in [0.25, 0.3) is 5.91 Å². The fourth-order valence-electron chi connectivity index (χ4n) is 6.75. The van der Waals surface area contributed by atoms with E-state index < -0.39 is 74.0 Å². The number of hydrogen-bond acceptors (Lipinski definition) is 9. The maximum Gasteiger partial charge on any atom is 0.259 e. The lowest BCUT2D eigenvalue weighted by atomic mass is 9.85. The maximum atomic E-state index is 14.4. The van der Waals surface area contributed by atoms with E-state index in [9.17, 15) is 27.6 Å². The number of pyridine rings is 1. The van der Waals surface area contributed by atoms with Gasteiger partial charge in [-0.2, -0.15) is 0 Å². The van der Waals surface area contributed by atoms with Crippen molar-refractivity contribution in [1.29, 1.82) is 0 Å². The summed E-state index contributed by atoms with van der Waals surface area (Å²) in [4.78, 5) is 61.0. The molecule has 1 unspecified atom stereocenters. The number of benzene rings is 2. The van der Waals surface area contributed by atoms with Crippen LogP contribution in [0.4, 0.5) is 0 Å². The van der Waals surface area contributed by atoms with E-state index in [0.717, 1.165) is 11.6 Å². The summed E-state index contributed by atoms with van der Waals surface area (Å²) in [6, 6.07) is 14.6. The Balaban J connectivity index is 1.34. The van der Waals surface area contributed by atoms with Crippen LogP contribution in [-0.2, 0) is 29.2 Å². The van der Waals surface area contributed by atoms with Crippen molar-refractivity contribution in [3.05, 3.63) is 79.9 Å². The van der Waals surface area contributed by atoms with Crippen molar-refractivity contribution in [1.82, 2.24) is 25.2 Å². The van der Waals surface area contributed by atoms with Crippen LogP contribution in [0.1, 0.15) is 46.5 Å². The number of hydrogen-bond donors (Lipinski definition) is 3. The number of carbonyl (C=O) groups excluding carboxylic acids is 4. The van der Waals surface area contributed by atoms with E-state index in [1.165, 1.54) is 11.0 Å². The molecule has 53 heavy (non-hydrogen) atoms. The van der Waals surface area contributed by atoms with E-state index in [0.29, 0.717) is 40.9 Å². The zero-order chi connectivity index (χ0) is 38.3. The lowest BCUT2D eigenvalue weighted by Crippen LogP contribution is -2.60. The predicted molar refractivity (Wildman–Crippen MR) is 199 cm³/mol. The summed E-state index contributed by atoms with van der Waals surface area (Å²) in [6.45, 7) is 12.6. The number of fused-ring (bicyclic) bond motifs is 1. The van der Waals surface area contributed by atoms with E-state index in [-0.39, 0.29) is 19.4 Å². The van der Waals surface area contributed by atoms with Gasteiger partial charge in [0.05, 0.1) is 30.1 Å². The largest absolute Gasteiger partial charge is 0.497 e. The normalized spacial score (nSPS) is 23.0. The first-order valence-electron chi connectivity index (χ1n) is 17.5. The second kappa shape index (κ2) is 14.3. The first kappa shape index (κ1) is 37.5. The second-order valence-electron chi connectivity index (χ2n) is 14.9. The van der Waals surface area contributed by atoms with Gasteiger partial charge in [-0.1, -0.05) is 63.8 Å². The summed E-state index contributed by atoms with van der Waals surface area (Å²) in [5.74, 6) is -2.04. The zero-order valence-corrected chi connectivity index (χ0v) is 31.1. The number of carbonyl (C=O) groups is 4. The molecule has 1 aromatic heterocycles. The highest BCUT2D eigenvalue weighted by Crippen LogP contribution is 2.46. The first-order valence-corrected chi connectivity index (χ1v) is 19.1. The molecule has 2 aliphatic carbocycles. The lowest BCUT2D eigenvalue weighted by molar-refractivity contribution is -0.144. The van der Waals surface area contributed by atoms with Gasteiger partial charge < -0.3 is 25.0 Å². The Hall–Kier alpha value is -5.24. The fraction of sp³-hybridized carbons (Fsp3) is 0.410. The van der Waals surface area contributed by atoms with Crippen LogP contribution in [0.15, 0.2) is 79.9 Å². The monoisotopic (exact) mass is 743 g/mol. The minimum atomic E-state index is -3.90. The molecule has 14 heteroatoms. The van der Waals surface area contributed by atoms with Crippen LogP contribution in [0, 0.1) is 11.3 Å². The Morgan fingerprint density at radius 2 is 1.77 bits per heavy atom. The number of methoxy groups -OCH3 is 1. The Kier molecular flexibility index (Phi) is 10.1. The number of nitrogens with one attached hydrogen (secondary N) is 3. The Morgan fingerprint density at radius 3 is 2.38 bits per heavy atom. The molecule has 2 saturated carbocycles. The van der Waals surface area contributed by atoms with Gasteiger partial charge in [0.1, 0.15) is 35.2 Å². The molecule has 3 aliphatic rings. The molecule has 2 heterocycles. The van der Waals surface area contributed by atoms with Crippen LogP contribution in [0.5, 0.6) is 11.5 Å². The second-order valence-corrected chi connectivity index (χ2v) is 16.9. The van der Waals surface area contributed by atoms with Crippen LogP contribution in [0.3, 0.4) is 0 Å². The SMILES string of the molecule is C=CC(=O)N[C@@H](C(=O)N1CC(Oc2cc(-c3ccccc3)nc3cc(OC)ccc23)C[C@H]1C(=O)N[C@]1(C(=O)NS(=O)(=O)C2CC2)C[C@H]1C=C)C(C)(C)C. The molecular weight excluding hydrogens is 699 g/mol. The predicted octanol–water partition coefficient (Wildman–Crippen LogP) is 3.64. The van der Waals surface area contributed by atoms with E-state index in [1.807, 2.05) is 42.5 Å². The average Bonchev–Trinajstić information content (AvgIpc) is 4.06. The van der Waals surface area contributed by atoms with E-state index in [4.69, 9.17) is 14.5 Å². The molecule has 0 spiro atoms. The van der Waals surface area contributed by atoms with Crippen molar-refractivity contribution in [3.8, 4) is 22.8 Å². The summed E-state index contributed by atoms with van der Waals surface area (Å²) >= 11 is 0. The van der Waals surface area contributed by atoms with Crippen molar-refractivity contribution < 1.29 is 37.1 Å². The number of nitrogens with zero attached hydrogens (tertiary/aromatic N) is 2. The summed E-state index contributed by atoms with van der Waals surface area (Å²) < 4.78 is 39.7. The molecule has 0 bridgehead atoms. The third-order valence-corrected chi connectivity index (χ3v) is 11.8. The van der Waals surface area contributed by atoms with E-state index in [1.54, 1.807) is 40.0 Å². The van der Waals surface area contributed by atoms with Crippen molar-refractivity contribution in [2.75, 3.05) is 13.7 Å². The summed E-state index contributed by atoms with van der Waals surface area (Å²) in [5.41, 5.74) is -0.232. The van der Waals surface area contributed by atoms with Gasteiger partial charge >= 0.3 is 0 Å². The molecule has 3 N–H and O–H groups in total. The van der Waals surface area contributed by atoms with Crippen molar-refractivity contribution >= 4 is 44.6 Å². The van der Waals surface area contributed by atoms with Crippen LogP contribution < -0.4 is 24.8 Å². The molecule has 5 atom stereocenters. The number of amides is 4. The quantitative estimate of drug-likeness (QED) is 0.175. The highest BCUT2D eigenvalue weighted by atomic mass is 32.2. The van der Waals surface area contributed by atoms with Crippen LogP contribution >= 0.6 is 0 Å². The third-order valence-electron chi connectivity index (χ3n) is 10.0. The van der Waals surface area contributed by atoms with Gasteiger partial charge in [-0.3, -0.25) is 23.9 Å². The highest BCUT2D eigenvalue weighted by molar-refractivity contribution is 7.91. The Bertz CT molecular complexity index is 2080. The minimum Gasteiger partial charge on any atom is -0.497 e. The zero-order valence-electron chi connectivity index (χ0n) is 30.3. The summed E-state index contributed by atoms with van der Waals surface area (Å²) in [6.07, 6.45) is 2.94. The molecule has 4 amide bonds. The molecule has 3 fully saturated rings. The maximum absolute atomic E-state index is 14.4. The topological polar surface area (TPSA) is 173 Å². The Morgan fingerprint density at radius 1 is 1.06 bits per heavy atom. The van der Waals surface area contributed by atoms with Crippen molar-refractivity contribution in [2.45, 2.75) is 75.4 Å². The van der Waals surface area contributed by atoms with Gasteiger partial charge in [0.2, 0.25) is 27.7 Å². The van der Waals surface area contributed by atoms with Crippen molar-refractivity contribution in [3.63, 3.8) is 0 Å². The molecular formula is C39H45N5O8S. The average molecular weight is 744 g/mol. The number of likely N-dealkylation sites (tertiary alicyclic amines) is 1. The van der Waals surface area contributed by atoms with Crippen LogP contribution in [0.2, 0.25) is 0 Å². The van der Waals surface area contributed by atoms with Gasteiger partial charge in [-0.15, -0.1) is 6.58 Å². The first-order chi connectivity index (χ1) is 25.1. The fourth-order valence-corrected chi connectivity index (χ4v) is 8.11. The molecule has 0 radical (unpaired) electrons. The van der Waals surface area contributed by atoms with E-state index >= 15 is 0 Å². The van der Waals surface area contributed by atoms with E-state index in [2.05, 4.69) is 28.5 Å². The molecule has 3 aromatic rings. The van der Waals surface area contributed by atoms with Gasteiger partial charge in [-0.05, 0) is 42.9 Å². The van der Waals surface area contributed by atoms with Crippen LogP contribution in [0.25, 0.3) is 22.2 Å². The van der Waals surface area contributed by atoms with Crippen LogP contribution in [-0.4, -0.2) is 84.6 Å². The molecule has 1 aliphatic heterocycles. The third kappa shape index (κ3) is 7.78. The van der Waals surface area contributed by atoms with Gasteiger partial charge in [0.15, 0.2) is 0 Å². The number of aromatic nitrogens is 1. The molecule has 13 nitrogen and oxygen atoms in total. The number of ether oxygens (including phenoxy) is 2. The molecule has 6 rings (SSSR count). The summed E-state index contributed by atoms with van der Waals surface area (Å²) in [5, 5.41) is 5.56. The summed E-state index contributed by atoms with van der Waals surface area (Å²) in [7, 11) is -2.34. The highest BCUT2D eigenvalue weighted by Gasteiger charge is 2.62. The van der Waals surface area contributed by atoms with Gasteiger partial charge in [0, 0.05) is 35.4 Å². The molecule has 1 saturated heterocycles. The van der Waals surface area contributed by atoms with Gasteiger partial charge in [-0.25, -0.2) is 13.4 Å².